The molecule has 2 aromatic rings. The lowest BCUT2D eigenvalue weighted by Crippen LogP contribution is -2.10. The quantitative estimate of drug-likeness (QED) is 0.796. The fraction of sp³-hybridized carbons (Fsp3) is 0.250. The molecule has 2 aromatic carbocycles. The second-order valence-corrected chi connectivity index (χ2v) is 5.54. The molecule has 0 heterocycles. The van der Waals surface area contributed by atoms with E-state index in [1.54, 1.807) is 19.1 Å². The lowest BCUT2D eigenvalue weighted by atomic mass is 10.1. The van der Waals surface area contributed by atoms with Crippen molar-refractivity contribution >= 4 is 15.9 Å². The van der Waals surface area contributed by atoms with Gasteiger partial charge in [-0.15, -0.1) is 0 Å². The van der Waals surface area contributed by atoms with Crippen LogP contribution in [0.25, 0.3) is 0 Å². The van der Waals surface area contributed by atoms with E-state index < -0.39 is 0 Å². The highest BCUT2D eigenvalue weighted by molar-refractivity contribution is 9.10. The van der Waals surface area contributed by atoms with E-state index in [9.17, 15) is 4.39 Å². The Bertz CT molecular complexity index is 605. The predicted octanol–water partition coefficient (Wildman–Crippen LogP) is 4.07. The molecule has 0 unspecified atom stereocenters. The van der Waals surface area contributed by atoms with Gasteiger partial charge >= 0.3 is 0 Å². The Labute approximate surface area is 132 Å². The Morgan fingerprint density at radius 2 is 1.76 bits per heavy atom. The Balaban J connectivity index is 1.82. The third kappa shape index (κ3) is 4.72. The van der Waals surface area contributed by atoms with E-state index in [1.165, 1.54) is 6.07 Å². The molecule has 0 spiro atoms. The predicted molar refractivity (Wildman–Crippen MR) is 84.1 cm³/mol. The molecule has 0 saturated carbocycles. The first kappa shape index (κ1) is 15.8. The van der Waals surface area contributed by atoms with Crippen LogP contribution >= 0.6 is 15.9 Å². The van der Waals surface area contributed by atoms with Crippen LogP contribution in [0.1, 0.15) is 18.5 Å². The van der Waals surface area contributed by atoms with E-state index in [0.717, 1.165) is 10.2 Å². The zero-order valence-electron chi connectivity index (χ0n) is 11.7. The van der Waals surface area contributed by atoms with Gasteiger partial charge in [-0.25, -0.2) is 4.39 Å². The van der Waals surface area contributed by atoms with Crippen LogP contribution in [0.4, 0.5) is 4.39 Å². The first-order valence-electron chi connectivity index (χ1n) is 6.62. The van der Waals surface area contributed by atoms with Crippen molar-refractivity contribution in [3.63, 3.8) is 0 Å². The lowest BCUT2D eigenvalue weighted by molar-refractivity contribution is 0.216. The molecule has 0 amide bonds. The summed E-state index contributed by atoms with van der Waals surface area (Å²) in [7, 11) is 0. The van der Waals surface area contributed by atoms with Crippen molar-refractivity contribution in [2.45, 2.75) is 13.0 Å². The van der Waals surface area contributed by atoms with Gasteiger partial charge in [-0.05, 0) is 31.2 Å². The zero-order chi connectivity index (χ0) is 15.2. The Kier molecular flexibility index (Phi) is 5.59. The number of nitrogens with two attached hydrogens (primary N) is 1. The highest BCUT2D eigenvalue weighted by atomic mass is 79.9. The molecule has 21 heavy (non-hydrogen) atoms. The normalized spacial score (nSPS) is 12.0. The van der Waals surface area contributed by atoms with Gasteiger partial charge in [0.2, 0.25) is 0 Å². The molecule has 0 aromatic heterocycles. The van der Waals surface area contributed by atoms with E-state index in [4.69, 9.17) is 15.2 Å². The lowest BCUT2D eigenvalue weighted by Gasteiger charge is -2.11. The molecule has 5 heteroatoms. The second-order valence-electron chi connectivity index (χ2n) is 4.63. The first-order chi connectivity index (χ1) is 10.1. The molecule has 1 atom stereocenters. The summed E-state index contributed by atoms with van der Waals surface area (Å²) in [6.45, 7) is 2.46. The summed E-state index contributed by atoms with van der Waals surface area (Å²) in [6, 6.07) is 11.9. The Hall–Kier alpha value is -1.59. The summed E-state index contributed by atoms with van der Waals surface area (Å²) in [4.78, 5) is 0. The summed E-state index contributed by atoms with van der Waals surface area (Å²) in [5.74, 6) is 0.872. The molecule has 3 nitrogen and oxygen atoms in total. The largest absolute Gasteiger partial charge is 0.490 e. The SMILES string of the molecule is C[C@@H](N)c1ccc(OCCOc2cccc(Br)c2)cc1F. The van der Waals surface area contributed by atoms with Gasteiger partial charge in [0.15, 0.2) is 0 Å². The van der Waals surface area contributed by atoms with Crippen molar-refractivity contribution in [2.75, 3.05) is 13.2 Å². The fourth-order valence-electron chi connectivity index (χ4n) is 1.84. The molecule has 112 valence electrons. The minimum Gasteiger partial charge on any atom is -0.490 e. The third-order valence-corrected chi connectivity index (χ3v) is 3.37. The Morgan fingerprint density at radius 3 is 2.33 bits per heavy atom. The van der Waals surface area contributed by atoms with Crippen LogP contribution in [-0.2, 0) is 0 Å². The van der Waals surface area contributed by atoms with Crippen molar-refractivity contribution in [1.29, 1.82) is 0 Å². The van der Waals surface area contributed by atoms with Gasteiger partial charge in [0.05, 0.1) is 0 Å². The average molecular weight is 354 g/mol. The van der Waals surface area contributed by atoms with Crippen LogP contribution in [0.3, 0.4) is 0 Å². The smallest absolute Gasteiger partial charge is 0.131 e. The molecule has 0 aliphatic heterocycles. The maximum atomic E-state index is 13.7. The van der Waals surface area contributed by atoms with E-state index in [-0.39, 0.29) is 11.9 Å². The standard InChI is InChI=1S/C16H17BrFNO2/c1-11(19)15-6-5-14(10-16(15)18)21-8-7-20-13-4-2-3-12(17)9-13/h2-6,9-11H,7-8,19H2,1H3/t11-/m1/s1. The topological polar surface area (TPSA) is 44.5 Å². The molecule has 0 aliphatic carbocycles. The van der Waals surface area contributed by atoms with Crippen molar-refractivity contribution in [3.05, 3.63) is 58.3 Å². The first-order valence-corrected chi connectivity index (χ1v) is 7.42. The highest BCUT2D eigenvalue weighted by Crippen LogP contribution is 2.21. The van der Waals surface area contributed by atoms with Crippen LogP contribution < -0.4 is 15.2 Å². The molecular weight excluding hydrogens is 337 g/mol. The van der Waals surface area contributed by atoms with Gasteiger partial charge in [0.1, 0.15) is 30.5 Å². The maximum absolute atomic E-state index is 13.7. The van der Waals surface area contributed by atoms with Gasteiger partial charge in [0, 0.05) is 22.1 Å². The number of ether oxygens (including phenoxy) is 2. The van der Waals surface area contributed by atoms with Gasteiger partial charge in [0.25, 0.3) is 0 Å². The number of halogens is 2. The number of hydrogen-bond acceptors (Lipinski definition) is 3. The number of rotatable bonds is 6. The zero-order valence-corrected chi connectivity index (χ0v) is 13.3. The van der Waals surface area contributed by atoms with Crippen molar-refractivity contribution in [1.82, 2.24) is 0 Å². The second kappa shape index (κ2) is 7.43. The van der Waals surface area contributed by atoms with E-state index in [0.29, 0.717) is 24.5 Å². The number of benzene rings is 2. The fourth-order valence-corrected chi connectivity index (χ4v) is 2.22. The summed E-state index contributed by atoms with van der Waals surface area (Å²) in [6.07, 6.45) is 0. The maximum Gasteiger partial charge on any atom is 0.131 e. The molecule has 0 aliphatic rings. The van der Waals surface area contributed by atoms with Gasteiger partial charge in [-0.3, -0.25) is 0 Å². The van der Waals surface area contributed by atoms with Gasteiger partial charge < -0.3 is 15.2 Å². The van der Waals surface area contributed by atoms with Crippen LogP contribution in [0.5, 0.6) is 11.5 Å². The molecule has 0 fully saturated rings. The minimum atomic E-state index is -0.351. The van der Waals surface area contributed by atoms with Gasteiger partial charge in [-0.2, -0.15) is 0 Å². The molecule has 0 saturated heterocycles. The van der Waals surface area contributed by atoms with E-state index >= 15 is 0 Å². The molecule has 2 rings (SSSR count). The minimum absolute atomic E-state index is 0.334. The highest BCUT2D eigenvalue weighted by Gasteiger charge is 2.08. The van der Waals surface area contributed by atoms with E-state index in [1.807, 2.05) is 24.3 Å². The van der Waals surface area contributed by atoms with Crippen molar-refractivity contribution in [2.24, 2.45) is 5.73 Å². The monoisotopic (exact) mass is 353 g/mol. The summed E-state index contributed by atoms with van der Waals surface area (Å²) < 4.78 is 25.7. The van der Waals surface area contributed by atoms with Crippen LogP contribution in [0.2, 0.25) is 0 Å². The van der Waals surface area contributed by atoms with Crippen molar-refractivity contribution in [3.8, 4) is 11.5 Å². The summed E-state index contributed by atoms with van der Waals surface area (Å²) in [5, 5.41) is 0. The summed E-state index contributed by atoms with van der Waals surface area (Å²) in [5.41, 5.74) is 6.14. The third-order valence-electron chi connectivity index (χ3n) is 2.88. The van der Waals surface area contributed by atoms with Crippen LogP contribution in [-0.4, -0.2) is 13.2 Å². The average Bonchev–Trinajstić information content (AvgIpc) is 2.43. The van der Waals surface area contributed by atoms with Crippen LogP contribution in [0.15, 0.2) is 46.9 Å². The molecular formula is C16H17BrFNO2. The van der Waals surface area contributed by atoms with Crippen LogP contribution in [0, 0.1) is 5.82 Å². The molecule has 0 radical (unpaired) electrons. The number of hydrogen-bond donors (Lipinski definition) is 1. The molecule has 0 bridgehead atoms. The van der Waals surface area contributed by atoms with Crippen molar-refractivity contribution < 1.29 is 13.9 Å². The Morgan fingerprint density at radius 1 is 1.10 bits per heavy atom. The summed E-state index contributed by atoms with van der Waals surface area (Å²) >= 11 is 3.37. The van der Waals surface area contributed by atoms with E-state index in [2.05, 4.69) is 15.9 Å². The van der Waals surface area contributed by atoms with Gasteiger partial charge in [-0.1, -0.05) is 28.1 Å². The molecule has 2 N–H and O–H groups in total.